The van der Waals surface area contributed by atoms with E-state index in [1.54, 1.807) is 24.3 Å². The summed E-state index contributed by atoms with van der Waals surface area (Å²) in [4.78, 5) is 35.6. The van der Waals surface area contributed by atoms with E-state index in [1.807, 2.05) is 13.0 Å². The first-order chi connectivity index (χ1) is 14.7. The number of carbonyl (C=O) groups is 2. The highest BCUT2D eigenvalue weighted by Crippen LogP contribution is 2.22. The van der Waals surface area contributed by atoms with Crippen LogP contribution in [0.3, 0.4) is 0 Å². The van der Waals surface area contributed by atoms with Gasteiger partial charge in [-0.25, -0.2) is 0 Å². The third kappa shape index (κ3) is 4.01. The molecule has 0 aliphatic carbocycles. The van der Waals surface area contributed by atoms with E-state index >= 15 is 0 Å². The smallest absolute Gasteiger partial charge is 0.261 e. The van der Waals surface area contributed by atoms with Crippen molar-refractivity contribution in [1.82, 2.24) is 15.1 Å². The summed E-state index contributed by atoms with van der Waals surface area (Å²) in [5.41, 5.74) is 2.20. The van der Waals surface area contributed by atoms with Gasteiger partial charge in [-0.05, 0) is 31.2 Å². The van der Waals surface area contributed by atoms with Crippen LogP contribution in [0, 0.1) is 0 Å². The number of guanidine groups is 1. The Labute approximate surface area is 177 Å². The minimum Gasteiger partial charge on any atom is -0.368 e. The van der Waals surface area contributed by atoms with Crippen molar-refractivity contribution in [2.24, 2.45) is 4.99 Å². The number of nitrogens with zero attached hydrogens (tertiary/aromatic N) is 4. The van der Waals surface area contributed by atoms with E-state index < -0.39 is 0 Å². The highest BCUT2D eigenvalue weighted by Gasteiger charge is 2.34. The topological polar surface area (TPSA) is 68.2 Å². The quantitative estimate of drug-likeness (QED) is 0.469. The van der Waals surface area contributed by atoms with Gasteiger partial charge in [-0.15, -0.1) is 0 Å². The second-order valence-electron chi connectivity index (χ2n) is 7.35. The summed E-state index contributed by atoms with van der Waals surface area (Å²) in [5, 5.41) is 3.34. The van der Waals surface area contributed by atoms with Crippen LogP contribution in [0.25, 0.3) is 0 Å². The minimum absolute atomic E-state index is 0.229. The molecule has 0 atom stereocenters. The van der Waals surface area contributed by atoms with E-state index in [4.69, 9.17) is 4.99 Å². The zero-order valence-electron chi connectivity index (χ0n) is 17.3. The molecule has 2 heterocycles. The molecule has 2 amide bonds. The highest BCUT2D eigenvalue weighted by atomic mass is 16.2. The second kappa shape index (κ2) is 8.98. The molecule has 0 radical (unpaired) electrons. The number of benzene rings is 2. The molecule has 0 unspecified atom stereocenters. The van der Waals surface area contributed by atoms with Crippen molar-refractivity contribution in [1.29, 1.82) is 0 Å². The number of aliphatic imine (C=N–C) groups is 1. The van der Waals surface area contributed by atoms with Crippen molar-refractivity contribution in [3.63, 3.8) is 0 Å². The van der Waals surface area contributed by atoms with Crippen LogP contribution in [0.5, 0.6) is 0 Å². The average molecular weight is 406 g/mol. The normalized spacial score (nSPS) is 16.8. The molecule has 0 bridgehead atoms. The Balaban J connectivity index is 1.36. The molecule has 1 fully saturated rings. The standard InChI is InChI=1S/C23H27N5O2/c1-2-24-23(27-16-14-26(15-17-27)18-8-4-3-5-9-18)25-12-13-28-21(29)19-10-6-7-11-20(19)22(28)30/h3-11H,2,12-17H2,1H3,(H,24,25). The first-order valence-corrected chi connectivity index (χ1v) is 10.5. The van der Waals surface area contributed by atoms with Gasteiger partial charge >= 0.3 is 0 Å². The molecular weight excluding hydrogens is 378 g/mol. The van der Waals surface area contributed by atoms with Gasteiger partial charge in [0.05, 0.1) is 17.7 Å². The monoisotopic (exact) mass is 405 g/mol. The van der Waals surface area contributed by atoms with Crippen LogP contribution in [0.2, 0.25) is 0 Å². The van der Waals surface area contributed by atoms with Gasteiger partial charge in [-0.2, -0.15) is 0 Å². The van der Waals surface area contributed by atoms with Gasteiger partial charge in [0, 0.05) is 45.0 Å². The number of hydrogen-bond donors (Lipinski definition) is 1. The van der Waals surface area contributed by atoms with Gasteiger partial charge in [0.2, 0.25) is 0 Å². The Morgan fingerprint density at radius 3 is 2.10 bits per heavy atom. The molecule has 0 aromatic heterocycles. The summed E-state index contributed by atoms with van der Waals surface area (Å²) >= 11 is 0. The molecule has 2 aliphatic rings. The number of imide groups is 1. The third-order valence-corrected chi connectivity index (χ3v) is 5.50. The molecule has 1 N–H and O–H groups in total. The summed E-state index contributed by atoms with van der Waals surface area (Å²) in [7, 11) is 0. The summed E-state index contributed by atoms with van der Waals surface area (Å²) in [6.45, 7) is 7.06. The molecule has 7 heteroatoms. The number of anilines is 1. The fraction of sp³-hybridized carbons (Fsp3) is 0.348. The van der Waals surface area contributed by atoms with Crippen molar-refractivity contribution >= 4 is 23.5 Å². The summed E-state index contributed by atoms with van der Waals surface area (Å²) in [6.07, 6.45) is 0. The minimum atomic E-state index is -0.229. The molecule has 2 aromatic carbocycles. The van der Waals surface area contributed by atoms with Crippen LogP contribution >= 0.6 is 0 Å². The molecule has 2 aliphatic heterocycles. The van der Waals surface area contributed by atoms with E-state index in [1.165, 1.54) is 10.6 Å². The Hall–Kier alpha value is -3.35. The van der Waals surface area contributed by atoms with Gasteiger partial charge in [-0.1, -0.05) is 30.3 Å². The zero-order chi connectivity index (χ0) is 20.9. The fourth-order valence-corrected chi connectivity index (χ4v) is 3.94. The van der Waals surface area contributed by atoms with Crippen molar-refractivity contribution < 1.29 is 9.59 Å². The molecule has 0 saturated carbocycles. The number of amides is 2. The van der Waals surface area contributed by atoms with Crippen LogP contribution in [-0.2, 0) is 0 Å². The van der Waals surface area contributed by atoms with Crippen LogP contribution in [0.15, 0.2) is 59.6 Å². The summed E-state index contributed by atoms with van der Waals surface area (Å²) in [5.74, 6) is 0.376. The highest BCUT2D eigenvalue weighted by molar-refractivity contribution is 6.21. The summed E-state index contributed by atoms with van der Waals surface area (Å²) in [6, 6.07) is 17.4. The Bertz CT molecular complexity index is 901. The predicted molar refractivity (Wildman–Crippen MR) is 118 cm³/mol. The van der Waals surface area contributed by atoms with E-state index in [0.717, 1.165) is 38.7 Å². The lowest BCUT2D eigenvalue weighted by atomic mass is 10.1. The predicted octanol–water partition coefficient (Wildman–Crippen LogP) is 2.07. The maximum Gasteiger partial charge on any atom is 0.261 e. The van der Waals surface area contributed by atoms with Crippen LogP contribution < -0.4 is 10.2 Å². The molecule has 4 rings (SSSR count). The average Bonchev–Trinajstić information content (AvgIpc) is 3.04. The summed E-state index contributed by atoms with van der Waals surface area (Å²) < 4.78 is 0. The van der Waals surface area contributed by atoms with Gasteiger partial charge in [-0.3, -0.25) is 19.5 Å². The molecule has 156 valence electrons. The third-order valence-electron chi connectivity index (χ3n) is 5.50. The lowest BCUT2D eigenvalue weighted by Gasteiger charge is -2.37. The number of nitrogens with one attached hydrogen (secondary N) is 1. The number of hydrogen-bond acceptors (Lipinski definition) is 4. The maximum absolute atomic E-state index is 12.5. The van der Waals surface area contributed by atoms with Crippen molar-refractivity contribution in [2.45, 2.75) is 6.92 Å². The zero-order valence-corrected chi connectivity index (χ0v) is 17.3. The van der Waals surface area contributed by atoms with Gasteiger partial charge < -0.3 is 15.1 Å². The first-order valence-electron chi connectivity index (χ1n) is 10.5. The number of piperazine rings is 1. The van der Waals surface area contributed by atoms with Crippen LogP contribution in [-0.4, -0.2) is 73.4 Å². The van der Waals surface area contributed by atoms with E-state index in [-0.39, 0.29) is 18.4 Å². The number of fused-ring (bicyclic) bond motifs is 1. The molecule has 1 saturated heterocycles. The number of rotatable bonds is 5. The lowest BCUT2D eigenvalue weighted by Crippen LogP contribution is -2.52. The maximum atomic E-state index is 12.5. The number of carbonyl (C=O) groups excluding carboxylic acids is 2. The largest absolute Gasteiger partial charge is 0.368 e. The van der Waals surface area contributed by atoms with Gasteiger partial charge in [0.15, 0.2) is 5.96 Å². The Morgan fingerprint density at radius 1 is 0.900 bits per heavy atom. The Morgan fingerprint density at radius 2 is 1.50 bits per heavy atom. The van der Waals surface area contributed by atoms with E-state index in [0.29, 0.717) is 17.7 Å². The van der Waals surface area contributed by atoms with Crippen LogP contribution in [0.1, 0.15) is 27.6 Å². The SMILES string of the molecule is CCNC(=NCCN1C(=O)c2ccccc2C1=O)N1CCN(c2ccccc2)CC1. The van der Waals surface area contributed by atoms with Crippen LogP contribution in [0.4, 0.5) is 5.69 Å². The van der Waals surface area contributed by atoms with E-state index in [9.17, 15) is 9.59 Å². The van der Waals surface area contributed by atoms with Crippen molar-refractivity contribution in [3.05, 3.63) is 65.7 Å². The second-order valence-corrected chi connectivity index (χ2v) is 7.35. The van der Waals surface area contributed by atoms with Gasteiger partial charge in [0.25, 0.3) is 11.8 Å². The number of para-hydroxylation sites is 1. The Kier molecular flexibility index (Phi) is 5.97. The molecule has 7 nitrogen and oxygen atoms in total. The molecular formula is C23H27N5O2. The molecule has 2 aromatic rings. The van der Waals surface area contributed by atoms with Crippen molar-refractivity contribution in [3.8, 4) is 0 Å². The fourth-order valence-electron chi connectivity index (χ4n) is 3.94. The first kappa shape index (κ1) is 19.9. The lowest BCUT2D eigenvalue weighted by molar-refractivity contribution is 0.0659. The van der Waals surface area contributed by atoms with E-state index in [2.05, 4.69) is 39.4 Å². The van der Waals surface area contributed by atoms with Gasteiger partial charge in [0.1, 0.15) is 0 Å². The molecule has 30 heavy (non-hydrogen) atoms. The molecule has 0 spiro atoms. The van der Waals surface area contributed by atoms with Crippen molar-refractivity contribution in [2.75, 3.05) is 50.7 Å².